The van der Waals surface area contributed by atoms with Gasteiger partial charge in [-0.2, -0.15) is 0 Å². The van der Waals surface area contributed by atoms with Gasteiger partial charge in [0.1, 0.15) is 5.75 Å². The Labute approximate surface area is 186 Å². The van der Waals surface area contributed by atoms with Gasteiger partial charge in [0, 0.05) is 17.0 Å². The first-order valence-corrected chi connectivity index (χ1v) is 11.9. The number of nitrogens with one attached hydrogen (secondary N) is 2. The van der Waals surface area contributed by atoms with Crippen LogP contribution in [0.4, 0.5) is 5.69 Å². The lowest BCUT2D eigenvalue weighted by atomic mass is 10.2. The van der Waals surface area contributed by atoms with E-state index in [0.717, 1.165) is 4.88 Å². The van der Waals surface area contributed by atoms with Crippen LogP contribution in [-0.2, 0) is 10.0 Å². The topological polar surface area (TPSA) is 87.7 Å². The molecule has 164 valence electrons. The Bertz CT molecular complexity index is 1130. The number of hydrogen-bond donors (Lipinski definition) is 2. The van der Waals surface area contributed by atoms with Gasteiger partial charge in [-0.3, -0.25) is 9.52 Å². The number of ether oxygens (including phenoxy) is 1. The van der Waals surface area contributed by atoms with E-state index in [0.29, 0.717) is 18.0 Å². The fourth-order valence-corrected chi connectivity index (χ4v) is 5.09. The summed E-state index contributed by atoms with van der Waals surface area (Å²) in [6.45, 7) is 0.406. The van der Waals surface area contributed by atoms with E-state index >= 15 is 0 Å². The lowest BCUT2D eigenvalue weighted by Gasteiger charge is -2.23. The van der Waals surface area contributed by atoms with E-state index < -0.39 is 10.0 Å². The van der Waals surface area contributed by atoms with Crippen LogP contribution in [0.1, 0.15) is 21.3 Å². The van der Waals surface area contributed by atoms with Gasteiger partial charge in [-0.15, -0.1) is 11.3 Å². The monoisotopic (exact) mass is 459 g/mol. The largest absolute Gasteiger partial charge is 0.495 e. The van der Waals surface area contributed by atoms with Crippen LogP contribution < -0.4 is 14.8 Å². The number of amides is 1. The number of likely N-dealkylation sites (N-methyl/N-ethyl adjacent to an activating group) is 1. The van der Waals surface area contributed by atoms with Crippen LogP contribution in [0, 0.1) is 0 Å². The zero-order chi connectivity index (χ0) is 22.4. The van der Waals surface area contributed by atoms with Gasteiger partial charge in [0.25, 0.3) is 15.9 Å². The summed E-state index contributed by atoms with van der Waals surface area (Å²) in [4.78, 5) is 15.9. The smallest absolute Gasteiger partial charge is 0.262 e. The van der Waals surface area contributed by atoms with Crippen molar-refractivity contribution in [2.45, 2.75) is 10.9 Å². The van der Waals surface area contributed by atoms with E-state index in [1.165, 1.54) is 19.2 Å². The van der Waals surface area contributed by atoms with Crippen molar-refractivity contribution in [1.82, 2.24) is 10.2 Å². The van der Waals surface area contributed by atoms with Crippen LogP contribution in [0.2, 0.25) is 0 Å². The van der Waals surface area contributed by atoms with Gasteiger partial charge in [0.15, 0.2) is 0 Å². The summed E-state index contributed by atoms with van der Waals surface area (Å²) in [6.07, 6.45) is 0. The summed E-state index contributed by atoms with van der Waals surface area (Å²) >= 11 is 1.63. The molecule has 0 aliphatic heterocycles. The molecule has 1 amide bonds. The molecular formula is C22H25N3O4S2. The number of carbonyl (C=O) groups excluding carboxylic acids is 1. The van der Waals surface area contributed by atoms with Gasteiger partial charge < -0.3 is 15.0 Å². The van der Waals surface area contributed by atoms with Gasteiger partial charge in [-0.05, 0) is 55.9 Å². The second-order valence-corrected chi connectivity index (χ2v) is 9.70. The van der Waals surface area contributed by atoms with Crippen molar-refractivity contribution in [3.8, 4) is 5.75 Å². The number of nitrogens with zero attached hydrogens (tertiary/aromatic N) is 1. The molecule has 0 aliphatic rings. The van der Waals surface area contributed by atoms with E-state index in [1.54, 1.807) is 47.7 Å². The van der Waals surface area contributed by atoms with Crippen molar-refractivity contribution in [3.63, 3.8) is 0 Å². The Kier molecular flexibility index (Phi) is 7.32. The third-order valence-corrected chi connectivity index (χ3v) is 7.05. The Balaban J connectivity index is 1.75. The van der Waals surface area contributed by atoms with E-state index in [1.807, 2.05) is 36.5 Å². The number of methoxy groups -OCH3 is 1. The molecule has 0 aliphatic carbocycles. The van der Waals surface area contributed by atoms with Crippen LogP contribution in [0.25, 0.3) is 0 Å². The third-order valence-electron chi connectivity index (χ3n) is 4.71. The minimum Gasteiger partial charge on any atom is -0.495 e. The molecule has 3 rings (SSSR count). The number of para-hydroxylation sites is 2. The summed E-state index contributed by atoms with van der Waals surface area (Å²) in [5, 5.41) is 4.90. The maximum atomic E-state index is 12.9. The molecule has 1 heterocycles. The summed E-state index contributed by atoms with van der Waals surface area (Å²) in [5.74, 6) is 0.0704. The maximum Gasteiger partial charge on any atom is 0.262 e. The zero-order valence-corrected chi connectivity index (χ0v) is 19.2. The van der Waals surface area contributed by atoms with Crippen molar-refractivity contribution in [3.05, 3.63) is 76.5 Å². The number of rotatable bonds is 9. The van der Waals surface area contributed by atoms with Gasteiger partial charge in [0.2, 0.25) is 0 Å². The number of carbonyl (C=O) groups is 1. The Morgan fingerprint density at radius 1 is 1.10 bits per heavy atom. The molecule has 7 nitrogen and oxygen atoms in total. The van der Waals surface area contributed by atoms with E-state index in [2.05, 4.69) is 10.0 Å². The maximum absolute atomic E-state index is 12.9. The molecule has 2 N–H and O–H groups in total. The van der Waals surface area contributed by atoms with Gasteiger partial charge >= 0.3 is 0 Å². The van der Waals surface area contributed by atoms with Gasteiger partial charge in [-0.25, -0.2) is 8.42 Å². The molecule has 0 bridgehead atoms. The summed E-state index contributed by atoms with van der Waals surface area (Å²) in [5.41, 5.74) is 0.594. The van der Waals surface area contributed by atoms with Crippen molar-refractivity contribution < 1.29 is 17.9 Å². The van der Waals surface area contributed by atoms with Crippen LogP contribution in [0.5, 0.6) is 5.75 Å². The standard InChI is InChI=1S/C22H25N3O4S2/c1-25(2)19(21-12-7-13-30-21)15-23-22(26)16-8-6-9-17(14-16)31(27,28)24-18-10-4-5-11-20(18)29-3/h4-14,19,24H,15H2,1-3H3,(H,23,26)/t19-/m0/s1. The predicted octanol–water partition coefficient (Wildman–Crippen LogP) is 3.59. The van der Waals surface area contributed by atoms with Crippen molar-refractivity contribution in [1.29, 1.82) is 0 Å². The Morgan fingerprint density at radius 2 is 1.87 bits per heavy atom. The average Bonchev–Trinajstić information content (AvgIpc) is 3.28. The molecule has 0 saturated carbocycles. The second kappa shape index (κ2) is 9.95. The molecule has 1 atom stereocenters. The number of thiophene rings is 1. The van der Waals surface area contributed by atoms with Crippen molar-refractivity contribution in [2.75, 3.05) is 32.5 Å². The minimum atomic E-state index is -3.90. The van der Waals surface area contributed by atoms with Gasteiger partial charge in [-0.1, -0.05) is 24.3 Å². The summed E-state index contributed by atoms with van der Waals surface area (Å²) in [6, 6.07) is 16.7. The minimum absolute atomic E-state index is 0.00604. The van der Waals surface area contributed by atoms with Crippen molar-refractivity contribution >= 4 is 33.0 Å². The molecule has 2 aromatic carbocycles. The fraction of sp³-hybridized carbons (Fsp3) is 0.227. The number of sulfonamides is 1. The first-order chi connectivity index (χ1) is 14.8. The molecule has 0 unspecified atom stereocenters. The molecule has 0 radical (unpaired) electrons. The lowest BCUT2D eigenvalue weighted by molar-refractivity contribution is 0.0942. The second-order valence-electron chi connectivity index (χ2n) is 7.04. The highest BCUT2D eigenvalue weighted by Gasteiger charge is 2.20. The quantitative estimate of drug-likeness (QED) is 0.511. The Morgan fingerprint density at radius 3 is 2.55 bits per heavy atom. The van der Waals surface area contributed by atoms with Crippen LogP contribution in [0.3, 0.4) is 0 Å². The number of hydrogen-bond acceptors (Lipinski definition) is 6. The first kappa shape index (κ1) is 22.8. The molecule has 31 heavy (non-hydrogen) atoms. The van der Waals surface area contributed by atoms with Crippen LogP contribution in [0.15, 0.2) is 70.9 Å². The average molecular weight is 460 g/mol. The van der Waals surface area contributed by atoms with Gasteiger partial charge in [0.05, 0.1) is 23.7 Å². The van der Waals surface area contributed by atoms with Crippen LogP contribution in [-0.4, -0.2) is 47.0 Å². The molecule has 0 spiro atoms. The SMILES string of the molecule is COc1ccccc1NS(=O)(=O)c1cccc(C(=O)NC[C@@H](c2cccs2)N(C)C)c1. The zero-order valence-electron chi connectivity index (χ0n) is 17.5. The molecule has 0 fully saturated rings. The Hall–Kier alpha value is -2.88. The van der Waals surface area contributed by atoms with E-state index in [9.17, 15) is 13.2 Å². The van der Waals surface area contributed by atoms with Crippen LogP contribution >= 0.6 is 11.3 Å². The molecule has 0 saturated heterocycles. The third kappa shape index (κ3) is 5.63. The van der Waals surface area contributed by atoms with Crippen molar-refractivity contribution in [2.24, 2.45) is 0 Å². The highest BCUT2D eigenvalue weighted by Crippen LogP contribution is 2.26. The summed E-state index contributed by atoms with van der Waals surface area (Å²) in [7, 11) is 1.47. The summed E-state index contributed by atoms with van der Waals surface area (Å²) < 4.78 is 33.4. The fourth-order valence-electron chi connectivity index (χ4n) is 3.05. The normalized spacial score (nSPS) is 12.4. The molecule has 1 aromatic heterocycles. The number of anilines is 1. The molecular weight excluding hydrogens is 434 g/mol. The van der Waals surface area contributed by atoms with E-state index in [4.69, 9.17) is 4.74 Å². The predicted molar refractivity (Wildman–Crippen MR) is 123 cm³/mol. The highest BCUT2D eigenvalue weighted by atomic mass is 32.2. The number of benzene rings is 2. The highest BCUT2D eigenvalue weighted by molar-refractivity contribution is 7.92. The lowest BCUT2D eigenvalue weighted by Crippen LogP contribution is -2.34. The first-order valence-electron chi connectivity index (χ1n) is 9.56. The molecule has 9 heteroatoms. The van der Waals surface area contributed by atoms with E-state index in [-0.39, 0.29) is 22.4 Å². The molecule has 3 aromatic rings.